The number of sulfonamides is 1. The Morgan fingerprint density at radius 2 is 1.55 bits per heavy atom. The fourth-order valence-corrected chi connectivity index (χ4v) is 6.01. The fourth-order valence-electron chi connectivity index (χ4n) is 4.64. The van der Waals surface area contributed by atoms with E-state index in [2.05, 4.69) is 5.32 Å². The number of nitrogens with one attached hydrogen (secondary N) is 1. The van der Waals surface area contributed by atoms with E-state index in [1.807, 2.05) is 26.0 Å². The van der Waals surface area contributed by atoms with Crippen LogP contribution in [0.4, 0.5) is 5.69 Å². The molecule has 1 fully saturated rings. The molecule has 0 aromatic heterocycles. The normalized spacial score (nSPS) is 15.2. The minimum atomic E-state index is -3.80. The highest BCUT2D eigenvalue weighted by atomic mass is 35.5. The summed E-state index contributed by atoms with van der Waals surface area (Å²) in [4.78, 5) is 28.4. The summed E-state index contributed by atoms with van der Waals surface area (Å²) in [5, 5.41) is 3.79. The van der Waals surface area contributed by atoms with Crippen molar-refractivity contribution in [3.8, 4) is 0 Å². The van der Waals surface area contributed by atoms with Gasteiger partial charge in [-0.05, 0) is 55.5 Å². The first-order valence-electron chi connectivity index (χ1n) is 13.0. The summed E-state index contributed by atoms with van der Waals surface area (Å²) in [5.74, 6) is -0.553. The summed E-state index contributed by atoms with van der Waals surface area (Å²) in [7, 11) is -3.80. The van der Waals surface area contributed by atoms with Crippen LogP contribution in [0, 0.1) is 0 Å². The van der Waals surface area contributed by atoms with Gasteiger partial charge in [-0.3, -0.25) is 13.9 Å². The molecule has 10 heteroatoms. The molecule has 38 heavy (non-hydrogen) atoms. The number of hydrogen-bond acceptors (Lipinski definition) is 4. The lowest BCUT2D eigenvalue weighted by Gasteiger charge is -2.33. The second-order valence-corrected chi connectivity index (χ2v) is 13.0. The van der Waals surface area contributed by atoms with E-state index in [0.29, 0.717) is 21.3 Å². The maximum atomic E-state index is 13.8. The number of rotatable bonds is 10. The Labute approximate surface area is 236 Å². The molecule has 0 heterocycles. The highest BCUT2D eigenvalue weighted by molar-refractivity contribution is 7.92. The van der Waals surface area contributed by atoms with Crippen LogP contribution >= 0.6 is 23.2 Å². The van der Waals surface area contributed by atoms with Crippen LogP contribution in [-0.2, 0) is 26.2 Å². The van der Waals surface area contributed by atoms with Crippen molar-refractivity contribution < 1.29 is 18.0 Å². The SMILES string of the molecule is CC(C)c1ccc(N(CC(=O)N(Cc2c(Cl)cccc2Cl)[C@@H](C)C(=O)NC2CCCCC2)S(C)(=O)=O)cc1. The zero-order chi connectivity index (χ0) is 28.0. The molecule has 0 aliphatic heterocycles. The summed E-state index contributed by atoms with van der Waals surface area (Å²) in [6, 6.07) is 11.3. The van der Waals surface area contributed by atoms with Gasteiger partial charge in [-0.1, -0.05) is 74.5 Å². The van der Waals surface area contributed by atoms with Crippen LogP contribution in [0.2, 0.25) is 10.0 Å². The number of nitrogens with zero attached hydrogens (tertiary/aromatic N) is 2. The molecule has 0 spiro atoms. The van der Waals surface area contributed by atoms with Crippen LogP contribution in [0.15, 0.2) is 42.5 Å². The van der Waals surface area contributed by atoms with Gasteiger partial charge in [0.15, 0.2) is 0 Å². The Kier molecular flexibility index (Phi) is 10.5. The molecule has 7 nitrogen and oxygen atoms in total. The van der Waals surface area contributed by atoms with E-state index in [1.165, 1.54) is 4.90 Å². The molecule has 208 valence electrons. The predicted octanol–water partition coefficient (Wildman–Crippen LogP) is 5.75. The van der Waals surface area contributed by atoms with Gasteiger partial charge in [0.05, 0.1) is 11.9 Å². The Bertz CT molecular complexity index is 1210. The van der Waals surface area contributed by atoms with Gasteiger partial charge in [-0.2, -0.15) is 0 Å². The molecule has 0 saturated heterocycles. The first kappa shape index (κ1) is 30.3. The number of hydrogen-bond donors (Lipinski definition) is 1. The minimum Gasteiger partial charge on any atom is -0.352 e. The molecule has 3 rings (SSSR count). The number of carbonyl (C=O) groups is 2. The Balaban J connectivity index is 1.91. The number of benzene rings is 2. The lowest BCUT2D eigenvalue weighted by Crippen LogP contribution is -2.53. The quantitative estimate of drug-likeness (QED) is 0.387. The second kappa shape index (κ2) is 13.2. The molecule has 1 aliphatic rings. The summed E-state index contributed by atoms with van der Waals surface area (Å²) < 4.78 is 26.6. The monoisotopic (exact) mass is 581 g/mol. The van der Waals surface area contributed by atoms with Crippen molar-refractivity contribution in [3.05, 3.63) is 63.6 Å². The highest BCUT2D eigenvalue weighted by Gasteiger charge is 2.32. The van der Waals surface area contributed by atoms with Crippen LogP contribution in [0.3, 0.4) is 0 Å². The van der Waals surface area contributed by atoms with E-state index >= 15 is 0 Å². The van der Waals surface area contributed by atoms with Crippen molar-refractivity contribution in [3.63, 3.8) is 0 Å². The summed E-state index contributed by atoms with van der Waals surface area (Å²) in [5.41, 5.74) is 1.92. The van der Waals surface area contributed by atoms with Crippen LogP contribution in [0.1, 0.15) is 69.9 Å². The van der Waals surface area contributed by atoms with Crippen molar-refractivity contribution in [2.75, 3.05) is 17.1 Å². The average Bonchev–Trinajstić information content (AvgIpc) is 2.86. The molecule has 0 radical (unpaired) electrons. The summed E-state index contributed by atoms with van der Waals surface area (Å²) >= 11 is 12.8. The molecule has 0 unspecified atom stereocenters. The van der Waals surface area contributed by atoms with Crippen molar-refractivity contribution >= 4 is 50.7 Å². The molecular formula is C28H37Cl2N3O4S. The van der Waals surface area contributed by atoms with E-state index < -0.39 is 28.5 Å². The lowest BCUT2D eigenvalue weighted by atomic mass is 9.95. The first-order chi connectivity index (χ1) is 17.9. The molecular weight excluding hydrogens is 545 g/mol. The number of anilines is 1. The van der Waals surface area contributed by atoms with E-state index in [4.69, 9.17) is 23.2 Å². The number of halogens is 2. The molecule has 1 aliphatic carbocycles. The summed E-state index contributed by atoms with van der Waals surface area (Å²) in [6.45, 7) is 5.22. The molecule has 2 aromatic carbocycles. The van der Waals surface area contributed by atoms with Crippen LogP contribution in [0.5, 0.6) is 0 Å². The lowest BCUT2D eigenvalue weighted by molar-refractivity contribution is -0.139. The Morgan fingerprint density at radius 1 is 0.974 bits per heavy atom. The molecule has 1 saturated carbocycles. The Hall–Kier alpha value is -2.29. The molecule has 2 amide bonds. The van der Waals surface area contributed by atoms with E-state index in [1.54, 1.807) is 37.3 Å². The van der Waals surface area contributed by atoms with Gasteiger partial charge in [0.25, 0.3) is 0 Å². The van der Waals surface area contributed by atoms with Crippen LogP contribution in [-0.4, -0.2) is 50.0 Å². The zero-order valence-corrected chi connectivity index (χ0v) is 24.7. The van der Waals surface area contributed by atoms with E-state index in [0.717, 1.165) is 48.2 Å². The van der Waals surface area contributed by atoms with Gasteiger partial charge in [0, 0.05) is 28.2 Å². The van der Waals surface area contributed by atoms with Crippen molar-refractivity contribution in [1.82, 2.24) is 10.2 Å². The van der Waals surface area contributed by atoms with Gasteiger partial charge in [-0.25, -0.2) is 8.42 Å². The van der Waals surface area contributed by atoms with Gasteiger partial charge < -0.3 is 10.2 Å². The molecule has 0 bridgehead atoms. The topological polar surface area (TPSA) is 86.8 Å². The predicted molar refractivity (Wildman–Crippen MR) is 154 cm³/mol. The molecule has 1 atom stereocenters. The maximum absolute atomic E-state index is 13.8. The largest absolute Gasteiger partial charge is 0.352 e. The van der Waals surface area contributed by atoms with Gasteiger partial charge in [-0.15, -0.1) is 0 Å². The third kappa shape index (κ3) is 7.87. The third-order valence-electron chi connectivity index (χ3n) is 7.04. The van der Waals surface area contributed by atoms with Gasteiger partial charge in [0.1, 0.15) is 12.6 Å². The molecule has 2 aromatic rings. The van der Waals surface area contributed by atoms with Crippen LogP contribution in [0.25, 0.3) is 0 Å². The molecule has 1 N–H and O–H groups in total. The van der Waals surface area contributed by atoms with Gasteiger partial charge >= 0.3 is 0 Å². The minimum absolute atomic E-state index is 0.0412. The van der Waals surface area contributed by atoms with E-state index in [-0.39, 0.29) is 24.4 Å². The van der Waals surface area contributed by atoms with E-state index in [9.17, 15) is 18.0 Å². The van der Waals surface area contributed by atoms with Crippen molar-refractivity contribution in [2.45, 2.75) is 77.4 Å². The van der Waals surface area contributed by atoms with Crippen molar-refractivity contribution in [2.24, 2.45) is 0 Å². The smallest absolute Gasteiger partial charge is 0.244 e. The fraction of sp³-hybridized carbons (Fsp3) is 0.500. The van der Waals surface area contributed by atoms with Crippen molar-refractivity contribution in [1.29, 1.82) is 0 Å². The Morgan fingerprint density at radius 3 is 2.08 bits per heavy atom. The zero-order valence-electron chi connectivity index (χ0n) is 22.4. The van der Waals surface area contributed by atoms with Gasteiger partial charge in [0.2, 0.25) is 21.8 Å². The number of amides is 2. The third-order valence-corrected chi connectivity index (χ3v) is 8.88. The highest BCUT2D eigenvalue weighted by Crippen LogP contribution is 2.28. The second-order valence-electron chi connectivity index (χ2n) is 10.3. The van der Waals surface area contributed by atoms with Crippen LogP contribution < -0.4 is 9.62 Å². The summed E-state index contributed by atoms with van der Waals surface area (Å²) in [6.07, 6.45) is 6.11. The number of carbonyl (C=O) groups excluding carboxylic acids is 2. The average molecular weight is 583 g/mol. The maximum Gasteiger partial charge on any atom is 0.244 e. The first-order valence-corrected chi connectivity index (χ1v) is 15.6. The standard InChI is InChI=1S/C28H37Cl2N3O4S/c1-19(2)21-13-15-23(16-14-21)33(38(4,36)37)18-27(34)32(17-24-25(29)11-8-12-26(24)30)20(3)28(35)31-22-9-6-5-7-10-22/h8,11-16,19-20,22H,5-7,9-10,17-18H2,1-4H3,(H,31,35)/t20-/m0/s1.